The number of rotatable bonds is 2. The number of alkyl halides is 1. The van der Waals surface area contributed by atoms with E-state index in [1.165, 1.54) is 18.5 Å². The standard InChI is InChI=1S/C16H26BrClN2/c1-10-15(17)14(20(5)19-10)9-11-8-12(16(2,3)4)6-7-13(11)18/h11-13H,6-9H2,1-5H3. The van der Waals surface area contributed by atoms with E-state index in [1.54, 1.807) is 0 Å². The Morgan fingerprint density at radius 2 is 2.00 bits per heavy atom. The first-order valence-corrected chi connectivity index (χ1v) is 8.75. The summed E-state index contributed by atoms with van der Waals surface area (Å²) in [5, 5.41) is 4.80. The average Bonchev–Trinajstić information content (AvgIpc) is 2.57. The molecule has 1 heterocycles. The lowest BCUT2D eigenvalue weighted by Crippen LogP contribution is -2.33. The molecule has 0 N–H and O–H groups in total. The maximum atomic E-state index is 6.61. The van der Waals surface area contributed by atoms with E-state index in [0.717, 1.165) is 28.9 Å². The van der Waals surface area contributed by atoms with E-state index in [4.69, 9.17) is 11.6 Å². The summed E-state index contributed by atoms with van der Waals surface area (Å²) in [5.74, 6) is 1.33. The van der Waals surface area contributed by atoms with Crippen LogP contribution in [-0.4, -0.2) is 15.2 Å². The number of halogens is 2. The summed E-state index contributed by atoms with van der Waals surface area (Å²) in [6, 6.07) is 0. The Labute approximate surface area is 136 Å². The zero-order valence-corrected chi connectivity index (χ0v) is 15.6. The predicted molar refractivity (Wildman–Crippen MR) is 89.3 cm³/mol. The molecule has 2 rings (SSSR count). The zero-order chi connectivity index (χ0) is 15.1. The highest BCUT2D eigenvalue weighted by molar-refractivity contribution is 9.10. The van der Waals surface area contributed by atoms with Gasteiger partial charge in [0, 0.05) is 12.4 Å². The molecule has 4 heteroatoms. The van der Waals surface area contributed by atoms with Gasteiger partial charge in [-0.15, -0.1) is 11.6 Å². The van der Waals surface area contributed by atoms with Crippen LogP contribution in [0.3, 0.4) is 0 Å². The summed E-state index contributed by atoms with van der Waals surface area (Å²) < 4.78 is 3.16. The maximum Gasteiger partial charge on any atom is 0.0738 e. The molecule has 1 aromatic heterocycles. The first-order chi connectivity index (χ1) is 9.20. The molecule has 0 aliphatic heterocycles. The second-order valence-electron chi connectivity index (χ2n) is 7.33. The van der Waals surface area contributed by atoms with Gasteiger partial charge in [-0.3, -0.25) is 4.68 Å². The third-order valence-electron chi connectivity index (χ3n) is 4.83. The third-order valence-corrected chi connectivity index (χ3v) is 6.44. The fourth-order valence-corrected chi connectivity index (χ4v) is 4.19. The molecule has 20 heavy (non-hydrogen) atoms. The summed E-state index contributed by atoms with van der Waals surface area (Å²) in [4.78, 5) is 0. The van der Waals surface area contributed by atoms with Crippen LogP contribution in [0, 0.1) is 24.2 Å². The molecule has 1 aliphatic rings. The van der Waals surface area contributed by atoms with Crippen LogP contribution in [0.4, 0.5) is 0 Å². The van der Waals surface area contributed by atoms with Crippen LogP contribution >= 0.6 is 27.5 Å². The molecular formula is C16H26BrClN2. The minimum atomic E-state index is 0.302. The molecule has 1 saturated carbocycles. The van der Waals surface area contributed by atoms with Crippen LogP contribution in [0.2, 0.25) is 0 Å². The lowest BCUT2D eigenvalue weighted by atomic mass is 9.68. The Morgan fingerprint density at radius 1 is 1.35 bits per heavy atom. The van der Waals surface area contributed by atoms with Gasteiger partial charge in [-0.05, 0) is 65.8 Å². The fraction of sp³-hybridized carbons (Fsp3) is 0.812. The van der Waals surface area contributed by atoms with Gasteiger partial charge in [-0.25, -0.2) is 0 Å². The van der Waals surface area contributed by atoms with E-state index >= 15 is 0 Å². The predicted octanol–water partition coefficient (Wildman–Crippen LogP) is 5.10. The van der Waals surface area contributed by atoms with Crippen molar-refractivity contribution in [1.29, 1.82) is 0 Å². The molecule has 1 fully saturated rings. The molecular weight excluding hydrogens is 336 g/mol. The monoisotopic (exact) mass is 360 g/mol. The van der Waals surface area contributed by atoms with E-state index in [9.17, 15) is 0 Å². The molecule has 0 aromatic carbocycles. The summed E-state index contributed by atoms with van der Waals surface area (Å²) in [6.07, 6.45) is 4.66. The van der Waals surface area contributed by atoms with Crippen LogP contribution in [0.1, 0.15) is 51.4 Å². The largest absolute Gasteiger partial charge is 0.271 e. The second kappa shape index (κ2) is 6.00. The molecule has 3 unspecified atom stereocenters. The first kappa shape index (κ1) is 16.4. The number of hydrogen-bond donors (Lipinski definition) is 0. The second-order valence-corrected chi connectivity index (χ2v) is 8.68. The van der Waals surface area contributed by atoms with E-state index in [-0.39, 0.29) is 0 Å². The van der Waals surface area contributed by atoms with Gasteiger partial charge in [0.05, 0.1) is 15.9 Å². The van der Waals surface area contributed by atoms with Crippen molar-refractivity contribution >= 4 is 27.5 Å². The van der Waals surface area contributed by atoms with E-state index in [2.05, 4.69) is 41.8 Å². The summed E-state index contributed by atoms with van der Waals surface area (Å²) in [5.41, 5.74) is 2.74. The van der Waals surface area contributed by atoms with Gasteiger partial charge in [0.25, 0.3) is 0 Å². The van der Waals surface area contributed by atoms with Gasteiger partial charge in [0.2, 0.25) is 0 Å². The molecule has 114 valence electrons. The van der Waals surface area contributed by atoms with E-state index < -0.39 is 0 Å². The molecule has 0 radical (unpaired) electrons. The van der Waals surface area contributed by atoms with Crippen LogP contribution in [0.25, 0.3) is 0 Å². The van der Waals surface area contributed by atoms with Crippen molar-refractivity contribution in [3.05, 3.63) is 15.9 Å². The van der Waals surface area contributed by atoms with Crippen molar-refractivity contribution in [2.45, 2.75) is 58.8 Å². The normalized spacial score (nSPS) is 27.9. The first-order valence-electron chi connectivity index (χ1n) is 7.52. The molecule has 1 aliphatic carbocycles. The smallest absolute Gasteiger partial charge is 0.0738 e. The highest BCUT2D eigenvalue weighted by Gasteiger charge is 2.35. The molecule has 0 spiro atoms. The zero-order valence-electron chi connectivity index (χ0n) is 13.2. The van der Waals surface area contributed by atoms with Gasteiger partial charge in [-0.2, -0.15) is 5.10 Å². The average molecular weight is 362 g/mol. The van der Waals surface area contributed by atoms with Gasteiger partial charge >= 0.3 is 0 Å². The van der Waals surface area contributed by atoms with E-state index in [0.29, 0.717) is 16.7 Å². The molecule has 0 bridgehead atoms. The number of hydrogen-bond acceptors (Lipinski definition) is 1. The van der Waals surface area contributed by atoms with Crippen molar-refractivity contribution in [2.24, 2.45) is 24.3 Å². The van der Waals surface area contributed by atoms with Crippen LogP contribution in [-0.2, 0) is 13.5 Å². The third kappa shape index (κ3) is 3.41. The van der Waals surface area contributed by atoms with Gasteiger partial charge in [0.15, 0.2) is 0 Å². The van der Waals surface area contributed by atoms with Crippen molar-refractivity contribution in [2.75, 3.05) is 0 Å². The van der Waals surface area contributed by atoms with Crippen LogP contribution in [0.15, 0.2) is 4.47 Å². The van der Waals surface area contributed by atoms with Gasteiger partial charge in [0.1, 0.15) is 0 Å². The Bertz CT molecular complexity index is 476. The number of aromatic nitrogens is 2. The molecule has 1 aromatic rings. The minimum Gasteiger partial charge on any atom is -0.271 e. The quantitative estimate of drug-likeness (QED) is 0.670. The lowest BCUT2D eigenvalue weighted by molar-refractivity contribution is 0.143. The minimum absolute atomic E-state index is 0.302. The molecule has 2 nitrogen and oxygen atoms in total. The summed E-state index contributed by atoms with van der Waals surface area (Å²) in [6.45, 7) is 9.11. The summed E-state index contributed by atoms with van der Waals surface area (Å²) >= 11 is 10.3. The highest BCUT2D eigenvalue weighted by Crippen LogP contribution is 2.43. The Kier molecular flexibility index (Phi) is 4.91. The van der Waals surface area contributed by atoms with E-state index in [1.807, 2.05) is 18.7 Å². The molecule has 0 amide bonds. The van der Waals surface area contributed by atoms with Crippen molar-refractivity contribution in [3.8, 4) is 0 Å². The van der Waals surface area contributed by atoms with Gasteiger partial charge < -0.3 is 0 Å². The fourth-order valence-electron chi connectivity index (χ4n) is 3.38. The van der Waals surface area contributed by atoms with Gasteiger partial charge in [-0.1, -0.05) is 20.8 Å². The van der Waals surface area contributed by atoms with Crippen LogP contribution in [0.5, 0.6) is 0 Å². The van der Waals surface area contributed by atoms with Crippen molar-refractivity contribution in [3.63, 3.8) is 0 Å². The van der Waals surface area contributed by atoms with Crippen molar-refractivity contribution < 1.29 is 0 Å². The van der Waals surface area contributed by atoms with Crippen LogP contribution < -0.4 is 0 Å². The Balaban J connectivity index is 2.14. The van der Waals surface area contributed by atoms with Crippen molar-refractivity contribution in [1.82, 2.24) is 9.78 Å². The Hall–Kier alpha value is -0.0200. The number of aryl methyl sites for hydroxylation is 2. The lowest BCUT2D eigenvalue weighted by Gasteiger charge is -2.40. The SMILES string of the molecule is Cc1nn(C)c(CC2CC(C(C)(C)C)CCC2Cl)c1Br. The summed E-state index contributed by atoms with van der Waals surface area (Å²) in [7, 11) is 2.03. The maximum absolute atomic E-state index is 6.61. The topological polar surface area (TPSA) is 17.8 Å². The Morgan fingerprint density at radius 3 is 2.50 bits per heavy atom. The number of nitrogens with zero attached hydrogens (tertiary/aromatic N) is 2. The highest BCUT2D eigenvalue weighted by atomic mass is 79.9. The molecule has 0 saturated heterocycles. The molecule has 3 atom stereocenters.